The second-order valence-electron chi connectivity index (χ2n) is 5.48. The van der Waals surface area contributed by atoms with Gasteiger partial charge in [-0.15, -0.1) is 0 Å². The minimum Gasteiger partial charge on any atom is -0.497 e. The highest BCUT2D eigenvalue weighted by Crippen LogP contribution is 2.19. The van der Waals surface area contributed by atoms with Crippen molar-refractivity contribution < 1.29 is 18.2 Å². The average Bonchev–Trinajstić information content (AvgIpc) is 2.99. The van der Waals surface area contributed by atoms with Gasteiger partial charge in [-0.05, 0) is 41.5 Å². The van der Waals surface area contributed by atoms with Crippen molar-refractivity contribution in [1.82, 2.24) is 4.98 Å². The monoisotopic (exact) mass is 372 g/mol. The van der Waals surface area contributed by atoms with E-state index in [1.807, 2.05) is 0 Å². The number of hydrogen-bond donors (Lipinski definition) is 2. The fourth-order valence-corrected chi connectivity index (χ4v) is 3.55. The molecule has 26 heavy (non-hydrogen) atoms. The Bertz CT molecular complexity index is 1060. The number of fused-ring (bicyclic) bond motifs is 1. The van der Waals surface area contributed by atoms with Crippen LogP contribution in [0.1, 0.15) is 11.1 Å². The average molecular weight is 372 g/mol. The number of nitrogens with one attached hydrogen (secondary N) is 1. The van der Waals surface area contributed by atoms with E-state index in [9.17, 15) is 13.8 Å². The first-order valence-corrected chi connectivity index (χ1v) is 8.94. The Morgan fingerprint density at radius 3 is 2.65 bits per heavy atom. The Hall–Kier alpha value is -3.13. The molecule has 8 heteroatoms. The van der Waals surface area contributed by atoms with Crippen LogP contribution in [0.3, 0.4) is 0 Å². The van der Waals surface area contributed by atoms with E-state index in [1.165, 1.54) is 6.08 Å². The first kappa shape index (κ1) is 17.7. The minimum absolute atomic E-state index is 0.00832. The van der Waals surface area contributed by atoms with E-state index in [0.29, 0.717) is 22.4 Å². The van der Waals surface area contributed by atoms with Gasteiger partial charge in [0.05, 0.1) is 29.2 Å². The van der Waals surface area contributed by atoms with E-state index in [0.717, 1.165) is 5.56 Å². The third-order valence-corrected chi connectivity index (χ3v) is 5.09. The summed E-state index contributed by atoms with van der Waals surface area (Å²) in [4.78, 5) is 25.5. The third-order valence-electron chi connectivity index (χ3n) is 3.69. The Balaban J connectivity index is 1.88. The van der Waals surface area contributed by atoms with Gasteiger partial charge in [0.2, 0.25) is 0 Å². The van der Waals surface area contributed by atoms with Gasteiger partial charge in [0.15, 0.2) is 5.58 Å². The van der Waals surface area contributed by atoms with Crippen LogP contribution in [0.15, 0.2) is 56.6 Å². The number of hydrogen-bond acceptors (Lipinski definition) is 5. The molecule has 0 spiro atoms. The number of amides is 1. The SMILES string of the molecule is COc1ccc(CS(=O)C(=Cc2ccc3oc(=O)[nH]c3c2)C(N)=O)cc1. The van der Waals surface area contributed by atoms with Crippen molar-refractivity contribution in [3.8, 4) is 5.75 Å². The molecule has 3 aromatic rings. The minimum atomic E-state index is -1.63. The molecular formula is C18H16N2O5S. The molecule has 3 N–H and O–H groups in total. The molecule has 7 nitrogen and oxygen atoms in total. The maximum absolute atomic E-state index is 12.6. The Kier molecular flexibility index (Phi) is 5.04. The number of carbonyl (C=O) groups excluding carboxylic acids is 1. The van der Waals surface area contributed by atoms with Gasteiger partial charge < -0.3 is 14.9 Å². The lowest BCUT2D eigenvalue weighted by Gasteiger charge is -2.06. The second-order valence-corrected chi connectivity index (χ2v) is 6.90. The summed E-state index contributed by atoms with van der Waals surface area (Å²) >= 11 is 0. The van der Waals surface area contributed by atoms with Crippen molar-refractivity contribution in [3.63, 3.8) is 0 Å². The number of primary amides is 1. The molecule has 1 heterocycles. The molecule has 0 fully saturated rings. The van der Waals surface area contributed by atoms with Gasteiger partial charge in [-0.2, -0.15) is 0 Å². The van der Waals surface area contributed by atoms with Crippen LogP contribution in [0.5, 0.6) is 5.75 Å². The van der Waals surface area contributed by atoms with Gasteiger partial charge in [0.25, 0.3) is 5.91 Å². The summed E-state index contributed by atoms with van der Waals surface area (Å²) in [7, 11) is -0.0654. The van der Waals surface area contributed by atoms with Crippen molar-refractivity contribution in [3.05, 3.63) is 69.0 Å². The summed E-state index contributed by atoms with van der Waals surface area (Å²) < 4.78 is 22.6. The van der Waals surface area contributed by atoms with Crippen LogP contribution in [-0.4, -0.2) is 22.2 Å². The summed E-state index contributed by atoms with van der Waals surface area (Å²) in [6.07, 6.45) is 1.45. The van der Waals surface area contributed by atoms with E-state index < -0.39 is 22.5 Å². The Morgan fingerprint density at radius 1 is 1.27 bits per heavy atom. The lowest BCUT2D eigenvalue weighted by molar-refractivity contribution is -0.113. The summed E-state index contributed by atoms with van der Waals surface area (Å²) in [5, 5.41) is 0. The number of rotatable bonds is 6. The van der Waals surface area contributed by atoms with Crippen LogP contribution >= 0.6 is 0 Å². The zero-order valence-electron chi connectivity index (χ0n) is 13.9. The number of nitrogens with two attached hydrogens (primary N) is 1. The lowest BCUT2D eigenvalue weighted by atomic mass is 10.2. The molecule has 1 atom stereocenters. The molecule has 1 unspecified atom stereocenters. The molecule has 3 rings (SSSR count). The van der Waals surface area contributed by atoms with E-state index in [1.54, 1.807) is 49.6 Å². The zero-order valence-corrected chi connectivity index (χ0v) is 14.7. The molecule has 0 saturated heterocycles. The van der Waals surface area contributed by atoms with Gasteiger partial charge in [0, 0.05) is 0 Å². The topological polar surface area (TPSA) is 115 Å². The largest absolute Gasteiger partial charge is 0.497 e. The number of H-pyrrole nitrogens is 1. The molecule has 1 amide bonds. The lowest BCUT2D eigenvalue weighted by Crippen LogP contribution is -2.18. The molecule has 0 aliphatic rings. The normalized spacial score (nSPS) is 12.9. The van der Waals surface area contributed by atoms with Crippen LogP contribution in [0, 0.1) is 0 Å². The van der Waals surface area contributed by atoms with Gasteiger partial charge in [0.1, 0.15) is 10.7 Å². The maximum Gasteiger partial charge on any atom is 0.417 e. The van der Waals surface area contributed by atoms with Crippen molar-refractivity contribution in [1.29, 1.82) is 0 Å². The van der Waals surface area contributed by atoms with Crippen LogP contribution in [0.25, 0.3) is 17.2 Å². The zero-order chi connectivity index (χ0) is 18.7. The fraction of sp³-hybridized carbons (Fsp3) is 0.111. The van der Waals surface area contributed by atoms with Crippen LogP contribution in [-0.2, 0) is 21.3 Å². The highest BCUT2D eigenvalue weighted by molar-refractivity contribution is 7.89. The Morgan fingerprint density at radius 2 is 2.00 bits per heavy atom. The fourth-order valence-electron chi connectivity index (χ4n) is 2.41. The second kappa shape index (κ2) is 7.40. The number of aromatic nitrogens is 1. The van der Waals surface area contributed by atoms with Crippen molar-refractivity contribution >= 4 is 33.9 Å². The molecule has 0 bridgehead atoms. The number of ether oxygens (including phenoxy) is 1. The molecule has 0 aliphatic heterocycles. The predicted molar refractivity (Wildman–Crippen MR) is 98.8 cm³/mol. The van der Waals surface area contributed by atoms with Gasteiger partial charge in [-0.1, -0.05) is 18.2 Å². The summed E-state index contributed by atoms with van der Waals surface area (Å²) in [6, 6.07) is 11.9. The van der Waals surface area contributed by atoms with Gasteiger partial charge >= 0.3 is 5.76 Å². The molecular weight excluding hydrogens is 356 g/mol. The molecule has 1 aromatic heterocycles. The number of benzene rings is 2. The standard InChI is InChI=1S/C18H16N2O5S/c1-24-13-5-2-11(3-6-13)10-26(23)16(17(19)21)9-12-4-7-15-14(8-12)20-18(22)25-15/h2-9H,10H2,1H3,(H2,19,21)(H,20,22). The van der Waals surface area contributed by atoms with Crippen molar-refractivity contribution in [2.24, 2.45) is 5.73 Å². The number of carbonyl (C=O) groups is 1. The van der Waals surface area contributed by atoms with Crippen LogP contribution < -0.4 is 16.2 Å². The molecule has 0 aliphatic carbocycles. The third kappa shape index (κ3) is 3.92. The van der Waals surface area contributed by atoms with E-state index in [4.69, 9.17) is 14.9 Å². The molecule has 0 radical (unpaired) electrons. The van der Waals surface area contributed by atoms with Crippen molar-refractivity contribution in [2.75, 3.05) is 7.11 Å². The number of oxazole rings is 1. The molecule has 134 valence electrons. The summed E-state index contributed by atoms with van der Waals surface area (Å²) in [5.74, 6) is -0.506. The first-order chi connectivity index (χ1) is 12.5. The summed E-state index contributed by atoms with van der Waals surface area (Å²) in [6.45, 7) is 0. The highest BCUT2D eigenvalue weighted by atomic mass is 32.2. The summed E-state index contributed by atoms with van der Waals surface area (Å²) in [5.41, 5.74) is 7.64. The van der Waals surface area contributed by atoms with E-state index in [-0.39, 0.29) is 10.7 Å². The number of aromatic amines is 1. The Labute approximate surface area is 150 Å². The van der Waals surface area contributed by atoms with Gasteiger partial charge in [-0.25, -0.2) is 4.79 Å². The van der Waals surface area contributed by atoms with Crippen LogP contribution in [0.2, 0.25) is 0 Å². The highest BCUT2D eigenvalue weighted by Gasteiger charge is 2.15. The van der Waals surface area contributed by atoms with Crippen LogP contribution in [0.4, 0.5) is 0 Å². The smallest absolute Gasteiger partial charge is 0.417 e. The van der Waals surface area contributed by atoms with Crippen molar-refractivity contribution in [2.45, 2.75) is 5.75 Å². The quantitative estimate of drug-likeness (QED) is 0.641. The molecule has 0 saturated carbocycles. The molecule has 2 aromatic carbocycles. The maximum atomic E-state index is 12.6. The number of methoxy groups -OCH3 is 1. The first-order valence-electron chi connectivity index (χ1n) is 7.62. The van der Waals surface area contributed by atoms with E-state index >= 15 is 0 Å². The van der Waals surface area contributed by atoms with E-state index in [2.05, 4.69) is 4.98 Å². The van der Waals surface area contributed by atoms with Gasteiger partial charge in [-0.3, -0.25) is 14.0 Å². The predicted octanol–water partition coefficient (Wildman–Crippen LogP) is 1.90.